The molecule has 1 fully saturated rings. The number of halogens is 1. The maximum absolute atomic E-state index is 12.9. The van der Waals surface area contributed by atoms with Crippen LogP contribution in [0.3, 0.4) is 0 Å². The lowest BCUT2D eigenvalue weighted by Gasteiger charge is -2.37. The molecule has 0 amide bonds. The van der Waals surface area contributed by atoms with Gasteiger partial charge in [-0.3, -0.25) is 0 Å². The van der Waals surface area contributed by atoms with E-state index >= 15 is 0 Å². The lowest BCUT2D eigenvalue weighted by Crippen LogP contribution is -2.57. The minimum Gasteiger partial charge on any atom is -0.311 e. The standard InChI is InChI=1S/C14H22N2O4S2.ClH/c1-10-5-6-13(21(4,17)18)9-14(10)22(19,20)16-8-7-15-11(2)12(16)3;/h5-6,9,11-12,15H,7-8H2,1-4H3;1H. The second kappa shape index (κ2) is 7.06. The van der Waals surface area contributed by atoms with Crippen molar-refractivity contribution in [2.75, 3.05) is 19.3 Å². The quantitative estimate of drug-likeness (QED) is 0.848. The predicted octanol–water partition coefficient (Wildman–Crippen LogP) is 1.19. The molecule has 23 heavy (non-hydrogen) atoms. The van der Waals surface area contributed by atoms with Crippen molar-refractivity contribution >= 4 is 32.3 Å². The molecule has 2 rings (SSSR count). The molecule has 1 N–H and O–H groups in total. The minimum atomic E-state index is -3.73. The smallest absolute Gasteiger partial charge is 0.243 e. The topological polar surface area (TPSA) is 83.5 Å². The largest absolute Gasteiger partial charge is 0.311 e. The van der Waals surface area contributed by atoms with Gasteiger partial charge in [-0.05, 0) is 38.5 Å². The van der Waals surface area contributed by atoms with Crippen LogP contribution in [-0.4, -0.2) is 52.6 Å². The molecule has 1 heterocycles. The van der Waals surface area contributed by atoms with E-state index in [-0.39, 0.29) is 34.3 Å². The average molecular weight is 383 g/mol. The van der Waals surface area contributed by atoms with Crippen LogP contribution in [0.15, 0.2) is 28.0 Å². The average Bonchev–Trinajstić information content (AvgIpc) is 2.40. The van der Waals surface area contributed by atoms with Crippen LogP contribution in [0.1, 0.15) is 19.4 Å². The molecule has 1 aromatic carbocycles. The van der Waals surface area contributed by atoms with Gasteiger partial charge in [0.05, 0.1) is 9.79 Å². The summed E-state index contributed by atoms with van der Waals surface area (Å²) in [4.78, 5) is 0.0869. The van der Waals surface area contributed by atoms with Crippen LogP contribution in [0.25, 0.3) is 0 Å². The SMILES string of the molecule is Cc1ccc(S(C)(=O)=O)cc1S(=O)(=O)N1CCNC(C)C1C.Cl. The van der Waals surface area contributed by atoms with E-state index in [1.807, 2.05) is 13.8 Å². The summed E-state index contributed by atoms with van der Waals surface area (Å²) in [6.45, 7) is 6.41. The van der Waals surface area contributed by atoms with Gasteiger partial charge < -0.3 is 5.32 Å². The normalized spacial score (nSPS) is 23.3. The Balaban J connectivity index is 0.00000264. The first-order valence-electron chi connectivity index (χ1n) is 7.11. The van der Waals surface area contributed by atoms with Gasteiger partial charge >= 0.3 is 0 Å². The monoisotopic (exact) mass is 382 g/mol. The highest BCUT2D eigenvalue weighted by molar-refractivity contribution is 7.91. The highest BCUT2D eigenvalue weighted by atomic mass is 35.5. The summed E-state index contributed by atoms with van der Waals surface area (Å²) in [6.07, 6.45) is 1.07. The second-order valence-electron chi connectivity index (χ2n) is 5.80. The first-order valence-corrected chi connectivity index (χ1v) is 10.4. The van der Waals surface area contributed by atoms with Crippen molar-refractivity contribution in [2.24, 2.45) is 0 Å². The van der Waals surface area contributed by atoms with Crippen LogP contribution in [0.4, 0.5) is 0 Å². The van der Waals surface area contributed by atoms with Gasteiger partial charge in [0.15, 0.2) is 9.84 Å². The van der Waals surface area contributed by atoms with Crippen molar-refractivity contribution in [3.8, 4) is 0 Å². The van der Waals surface area contributed by atoms with Gasteiger partial charge in [-0.25, -0.2) is 16.8 Å². The molecule has 0 aromatic heterocycles. The molecular formula is C14H23ClN2O4S2. The summed E-state index contributed by atoms with van der Waals surface area (Å²) in [5.74, 6) is 0. The second-order valence-corrected chi connectivity index (χ2v) is 9.67. The van der Waals surface area contributed by atoms with E-state index in [9.17, 15) is 16.8 Å². The Hall–Kier alpha value is -0.670. The summed E-state index contributed by atoms with van der Waals surface area (Å²) in [5.41, 5.74) is 0.547. The number of hydrogen-bond donors (Lipinski definition) is 1. The van der Waals surface area contributed by atoms with E-state index < -0.39 is 19.9 Å². The third-order valence-electron chi connectivity index (χ3n) is 4.15. The summed E-state index contributed by atoms with van der Waals surface area (Å²) >= 11 is 0. The maximum Gasteiger partial charge on any atom is 0.243 e. The molecule has 1 aromatic rings. The van der Waals surface area contributed by atoms with E-state index in [1.54, 1.807) is 13.0 Å². The van der Waals surface area contributed by atoms with Crippen molar-refractivity contribution in [2.45, 2.75) is 42.6 Å². The highest BCUT2D eigenvalue weighted by Crippen LogP contribution is 2.26. The van der Waals surface area contributed by atoms with Gasteiger partial charge in [-0.1, -0.05) is 6.07 Å². The lowest BCUT2D eigenvalue weighted by molar-refractivity contribution is 0.232. The van der Waals surface area contributed by atoms with Crippen LogP contribution in [-0.2, 0) is 19.9 Å². The molecule has 1 aliphatic heterocycles. The molecule has 1 aliphatic rings. The molecule has 132 valence electrons. The maximum atomic E-state index is 12.9. The van der Waals surface area contributed by atoms with E-state index in [0.717, 1.165) is 6.26 Å². The van der Waals surface area contributed by atoms with E-state index in [4.69, 9.17) is 0 Å². The summed E-state index contributed by atoms with van der Waals surface area (Å²) < 4.78 is 50.7. The molecule has 6 nitrogen and oxygen atoms in total. The number of hydrogen-bond acceptors (Lipinski definition) is 5. The Labute approximate surface area is 144 Å². The fraction of sp³-hybridized carbons (Fsp3) is 0.571. The van der Waals surface area contributed by atoms with Crippen molar-refractivity contribution in [1.29, 1.82) is 0 Å². The van der Waals surface area contributed by atoms with Gasteiger partial charge in [0.1, 0.15) is 0 Å². The fourth-order valence-corrected chi connectivity index (χ4v) is 5.26. The van der Waals surface area contributed by atoms with Crippen molar-refractivity contribution in [3.63, 3.8) is 0 Å². The van der Waals surface area contributed by atoms with Crippen molar-refractivity contribution in [3.05, 3.63) is 23.8 Å². The zero-order valence-corrected chi connectivity index (χ0v) is 16.1. The van der Waals surface area contributed by atoms with Gasteiger partial charge in [0.2, 0.25) is 10.0 Å². The molecular weight excluding hydrogens is 360 g/mol. The summed E-state index contributed by atoms with van der Waals surface area (Å²) in [6, 6.07) is 4.09. The fourth-order valence-electron chi connectivity index (χ4n) is 2.58. The summed E-state index contributed by atoms with van der Waals surface area (Å²) in [7, 11) is -7.18. The lowest BCUT2D eigenvalue weighted by atomic mass is 10.1. The minimum absolute atomic E-state index is 0. The van der Waals surface area contributed by atoms with Gasteiger partial charge in [-0.15, -0.1) is 12.4 Å². The molecule has 0 spiro atoms. The van der Waals surface area contributed by atoms with Gasteiger partial charge in [0.25, 0.3) is 0 Å². The van der Waals surface area contributed by atoms with Crippen molar-refractivity contribution < 1.29 is 16.8 Å². The molecule has 0 aliphatic carbocycles. The zero-order chi connectivity index (χ0) is 16.7. The molecule has 2 unspecified atom stereocenters. The third-order valence-corrected chi connectivity index (χ3v) is 7.39. The Morgan fingerprint density at radius 1 is 1.17 bits per heavy atom. The van der Waals surface area contributed by atoms with E-state index in [0.29, 0.717) is 18.7 Å². The van der Waals surface area contributed by atoms with Crippen LogP contribution in [0, 0.1) is 6.92 Å². The highest BCUT2D eigenvalue weighted by Gasteiger charge is 2.35. The number of piperazine rings is 1. The molecule has 0 bridgehead atoms. The Kier molecular flexibility index (Phi) is 6.26. The van der Waals surface area contributed by atoms with Gasteiger partial charge in [0, 0.05) is 31.4 Å². The zero-order valence-electron chi connectivity index (χ0n) is 13.6. The first kappa shape index (κ1) is 20.4. The molecule has 9 heteroatoms. The number of benzene rings is 1. The first-order chi connectivity index (χ1) is 10.0. The molecule has 2 atom stereocenters. The van der Waals surface area contributed by atoms with Gasteiger partial charge in [-0.2, -0.15) is 4.31 Å². The Bertz CT molecular complexity index is 778. The molecule has 1 saturated heterocycles. The molecule has 0 saturated carbocycles. The van der Waals surface area contributed by atoms with Crippen LogP contribution in [0.2, 0.25) is 0 Å². The Morgan fingerprint density at radius 2 is 1.78 bits per heavy atom. The predicted molar refractivity (Wildman–Crippen MR) is 92.4 cm³/mol. The van der Waals surface area contributed by atoms with Crippen molar-refractivity contribution in [1.82, 2.24) is 9.62 Å². The number of sulfonamides is 1. The third kappa shape index (κ3) is 4.06. The van der Waals surface area contributed by atoms with E-state index in [1.165, 1.54) is 16.4 Å². The number of sulfone groups is 1. The number of aryl methyl sites for hydroxylation is 1. The van der Waals surface area contributed by atoms with Crippen LogP contribution < -0.4 is 5.32 Å². The number of rotatable bonds is 3. The van der Waals surface area contributed by atoms with Crippen LogP contribution >= 0.6 is 12.4 Å². The van der Waals surface area contributed by atoms with Crippen LogP contribution in [0.5, 0.6) is 0 Å². The Morgan fingerprint density at radius 3 is 2.35 bits per heavy atom. The number of nitrogens with zero attached hydrogens (tertiary/aromatic N) is 1. The molecule has 0 radical (unpaired) electrons. The summed E-state index contributed by atoms with van der Waals surface area (Å²) in [5, 5.41) is 3.23. The van der Waals surface area contributed by atoms with E-state index in [2.05, 4.69) is 5.32 Å². The number of nitrogens with one attached hydrogen (secondary N) is 1.